The summed E-state index contributed by atoms with van der Waals surface area (Å²) in [5, 5.41) is 9.11. The monoisotopic (exact) mass is 231 g/mol. The first-order valence-electron chi connectivity index (χ1n) is 4.46. The molecular weight excluding hydrogens is 218 g/mol. The molecule has 0 bridgehead atoms. The maximum Gasteiger partial charge on any atom is 0.285 e. The number of ether oxygens (including phenoxy) is 1. The SMILES string of the molecule is COCC(C)(C)Nc1cn[nH]c(=O)c1Cl. The summed E-state index contributed by atoms with van der Waals surface area (Å²) in [7, 11) is 1.61. The minimum Gasteiger partial charge on any atom is -0.382 e. The number of nitrogens with zero attached hydrogens (tertiary/aromatic N) is 1. The van der Waals surface area contributed by atoms with Crippen molar-refractivity contribution in [1.29, 1.82) is 0 Å². The molecule has 0 saturated carbocycles. The molecule has 0 spiro atoms. The van der Waals surface area contributed by atoms with Crippen LogP contribution in [0.15, 0.2) is 11.0 Å². The Morgan fingerprint density at radius 1 is 1.67 bits per heavy atom. The van der Waals surface area contributed by atoms with Gasteiger partial charge in [-0.2, -0.15) is 5.10 Å². The Kier molecular flexibility index (Phi) is 3.71. The molecule has 0 saturated heterocycles. The lowest BCUT2D eigenvalue weighted by Gasteiger charge is -2.26. The quantitative estimate of drug-likeness (QED) is 0.819. The second-order valence-electron chi connectivity index (χ2n) is 3.87. The highest BCUT2D eigenvalue weighted by Gasteiger charge is 2.19. The summed E-state index contributed by atoms with van der Waals surface area (Å²) < 4.78 is 5.04. The molecule has 0 aliphatic carbocycles. The smallest absolute Gasteiger partial charge is 0.285 e. The maximum atomic E-state index is 11.2. The van der Waals surface area contributed by atoms with E-state index >= 15 is 0 Å². The van der Waals surface area contributed by atoms with Gasteiger partial charge >= 0.3 is 0 Å². The minimum absolute atomic E-state index is 0.106. The number of hydrogen-bond donors (Lipinski definition) is 2. The van der Waals surface area contributed by atoms with E-state index in [0.29, 0.717) is 12.3 Å². The van der Waals surface area contributed by atoms with Crippen LogP contribution in [0.3, 0.4) is 0 Å². The Morgan fingerprint density at radius 2 is 2.33 bits per heavy atom. The molecule has 6 heteroatoms. The van der Waals surface area contributed by atoms with Crippen LogP contribution in [-0.4, -0.2) is 29.5 Å². The summed E-state index contributed by atoms with van der Waals surface area (Å²) >= 11 is 5.81. The van der Waals surface area contributed by atoms with Gasteiger partial charge in [0.15, 0.2) is 0 Å². The molecule has 1 rings (SSSR count). The molecule has 0 aliphatic rings. The van der Waals surface area contributed by atoms with E-state index in [9.17, 15) is 4.79 Å². The number of aromatic nitrogens is 2. The van der Waals surface area contributed by atoms with Crippen LogP contribution in [0.2, 0.25) is 5.02 Å². The van der Waals surface area contributed by atoms with Gasteiger partial charge in [0.2, 0.25) is 0 Å². The molecule has 1 aromatic rings. The van der Waals surface area contributed by atoms with Crippen molar-refractivity contribution in [1.82, 2.24) is 10.2 Å². The Bertz CT molecular complexity index is 389. The first-order chi connectivity index (χ1) is 6.96. The number of rotatable bonds is 4. The number of halogens is 1. The third-order valence-corrected chi connectivity index (χ3v) is 2.15. The number of aromatic amines is 1. The summed E-state index contributed by atoms with van der Waals surface area (Å²) in [5.74, 6) is 0. The first kappa shape index (κ1) is 12.0. The highest BCUT2D eigenvalue weighted by Crippen LogP contribution is 2.19. The van der Waals surface area contributed by atoms with Gasteiger partial charge in [0.25, 0.3) is 5.56 Å². The molecule has 0 amide bonds. The molecule has 0 aromatic carbocycles. The number of methoxy groups -OCH3 is 1. The molecule has 0 unspecified atom stereocenters. The van der Waals surface area contributed by atoms with Crippen molar-refractivity contribution in [3.8, 4) is 0 Å². The molecule has 5 nitrogen and oxygen atoms in total. The van der Waals surface area contributed by atoms with Gasteiger partial charge in [0.1, 0.15) is 5.02 Å². The van der Waals surface area contributed by atoms with Crippen LogP contribution in [0.4, 0.5) is 5.69 Å². The summed E-state index contributed by atoms with van der Waals surface area (Å²) in [5.41, 5.74) is -0.217. The summed E-state index contributed by atoms with van der Waals surface area (Å²) in [6, 6.07) is 0. The van der Waals surface area contributed by atoms with Crippen LogP contribution in [0, 0.1) is 0 Å². The van der Waals surface area contributed by atoms with Gasteiger partial charge in [-0.3, -0.25) is 4.79 Å². The molecule has 15 heavy (non-hydrogen) atoms. The van der Waals surface area contributed by atoms with Gasteiger partial charge in [-0.1, -0.05) is 11.6 Å². The highest BCUT2D eigenvalue weighted by atomic mass is 35.5. The number of H-pyrrole nitrogens is 1. The van der Waals surface area contributed by atoms with E-state index in [4.69, 9.17) is 16.3 Å². The second-order valence-corrected chi connectivity index (χ2v) is 4.25. The van der Waals surface area contributed by atoms with E-state index in [1.807, 2.05) is 13.8 Å². The molecular formula is C9H14ClN3O2. The van der Waals surface area contributed by atoms with E-state index in [2.05, 4.69) is 15.5 Å². The van der Waals surface area contributed by atoms with Gasteiger partial charge in [-0.25, -0.2) is 5.10 Å². The van der Waals surface area contributed by atoms with E-state index in [0.717, 1.165) is 0 Å². The predicted molar refractivity (Wildman–Crippen MR) is 59.4 cm³/mol. The normalized spacial score (nSPS) is 11.5. The highest BCUT2D eigenvalue weighted by molar-refractivity contribution is 6.32. The van der Waals surface area contributed by atoms with Crippen LogP contribution in [0.1, 0.15) is 13.8 Å². The maximum absolute atomic E-state index is 11.2. The topological polar surface area (TPSA) is 67.0 Å². The Hall–Kier alpha value is -1.07. The van der Waals surface area contributed by atoms with E-state index in [1.54, 1.807) is 7.11 Å². The van der Waals surface area contributed by atoms with Crippen LogP contribution in [0.5, 0.6) is 0 Å². The lowest BCUT2D eigenvalue weighted by molar-refractivity contribution is 0.158. The molecule has 1 aromatic heterocycles. The van der Waals surface area contributed by atoms with Crippen molar-refractivity contribution in [2.45, 2.75) is 19.4 Å². The van der Waals surface area contributed by atoms with Crippen molar-refractivity contribution in [3.63, 3.8) is 0 Å². The molecule has 0 atom stereocenters. The van der Waals surface area contributed by atoms with Gasteiger partial charge < -0.3 is 10.1 Å². The van der Waals surface area contributed by atoms with Crippen molar-refractivity contribution in [2.75, 3.05) is 19.0 Å². The molecule has 2 N–H and O–H groups in total. The van der Waals surface area contributed by atoms with Crippen LogP contribution < -0.4 is 10.9 Å². The predicted octanol–water partition coefficient (Wildman–Crippen LogP) is 1.26. The first-order valence-corrected chi connectivity index (χ1v) is 4.84. The fourth-order valence-corrected chi connectivity index (χ4v) is 1.37. The molecule has 0 aliphatic heterocycles. The Morgan fingerprint density at radius 3 is 2.93 bits per heavy atom. The lowest BCUT2D eigenvalue weighted by Crippen LogP contribution is -2.36. The fraction of sp³-hybridized carbons (Fsp3) is 0.556. The summed E-state index contributed by atoms with van der Waals surface area (Å²) in [6.07, 6.45) is 1.47. The number of nitrogens with one attached hydrogen (secondary N) is 2. The van der Waals surface area contributed by atoms with Gasteiger partial charge in [0, 0.05) is 7.11 Å². The third-order valence-electron chi connectivity index (χ3n) is 1.77. The zero-order valence-electron chi connectivity index (χ0n) is 8.93. The number of hydrogen-bond acceptors (Lipinski definition) is 4. The van der Waals surface area contributed by atoms with Crippen molar-refractivity contribution in [2.24, 2.45) is 0 Å². The van der Waals surface area contributed by atoms with Crippen molar-refractivity contribution in [3.05, 3.63) is 21.6 Å². The number of anilines is 1. The van der Waals surface area contributed by atoms with Crippen molar-refractivity contribution >= 4 is 17.3 Å². The van der Waals surface area contributed by atoms with E-state index < -0.39 is 5.56 Å². The Balaban J connectivity index is 2.90. The van der Waals surface area contributed by atoms with Gasteiger partial charge in [0.05, 0.1) is 24.0 Å². The molecule has 0 radical (unpaired) electrons. The fourth-order valence-electron chi connectivity index (χ4n) is 1.23. The molecule has 0 fully saturated rings. The van der Waals surface area contributed by atoms with E-state index in [1.165, 1.54) is 6.20 Å². The average Bonchev–Trinajstić information content (AvgIpc) is 2.12. The Labute approximate surface area is 92.8 Å². The summed E-state index contributed by atoms with van der Waals surface area (Å²) in [6.45, 7) is 4.37. The lowest BCUT2D eigenvalue weighted by atomic mass is 10.1. The standard InChI is InChI=1S/C9H14ClN3O2/c1-9(2,5-15-3)12-6-4-11-13-8(14)7(6)10/h4H,5H2,1-3H3,(H2,12,13,14). The molecule has 84 valence electrons. The van der Waals surface area contributed by atoms with E-state index in [-0.39, 0.29) is 10.6 Å². The molecule has 1 heterocycles. The largest absolute Gasteiger partial charge is 0.382 e. The van der Waals surface area contributed by atoms with Crippen molar-refractivity contribution < 1.29 is 4.74 Å². The van der Waals surface area contributed by atoms with Gasteiger partial charge in [-0.15, -0.1) is 0 Å². The van der Waals surface area contributed by atoms with Crippen LogP contribution >= 0.6 is 11.6 Å². The second kappa shape index (κ2) is 4.63. The summed E-state index contributed by atoms with van der Waals surface area (Å²) in [4.78, 5) is 11.2. The zero-order chi connectivity index (χ0) is 11.5. The minimum atomic E-state index is -0.408. The van der Waals surface area contributed by atoms with Crippen LogP contribution in [0.25, 0.3) is 0 Å². The average molecular weight is 232 g/mol. The third kappa shape index (κ3) is 3.21. The van der Waals surface area contributed by atoms with Crippen LogP contribution in [-0.2, 0) is 4.74 Å². The van der Waals surface area contributed by atoms with Gasteiger partial charge in [-0.05, 0) is 13.8 Å². The zero-order valence-corrected chi connectivity index (χ0v) is 9.68.